The second-order valence-electron chi connectivity index (χ2n) is 4.63. The number of ether oxygens (including phenoxy) is 1. The predicted octanol–water partition coefficient (Wildman–Crippen LogP) is 2.59. The molecule has 1 amide bonds. The van der Waals surface area contributed by atoms with Crippen molar-refractivity contribution >= 4 is 5.91 Å². The van der Waals surface area contributed by atoms with Gasteiger partial charge in [0.1, 0.15) is 5.82 Å². The molecule has 21 heavy (non-hydrogen) atoms. The Morgan fingerprint density at radius 2 is 2.19 bits per heavy atom. The van der Waals surface area contributed by atoms with Crippen molar-refractivity contribution in [3.8, 4) is 11.3 Å². The van der Waals surface area contributed by atoms with Gasteiger partial charge in [-0.3, -0.25) is 4.79 Å². The molecule has 0 aliphatic rings. The van der Waals surface area contributed by atoms with Crippen molar-refractivity contribution in [2.24, 2.45) is 0 Å². The summed E-state index contributed by atoms with van der Waals surface area (Å²) in [5.41, 5.74) is 0.444. The molecule has 0 bridgehead atoms. The van der Waals surface area contributed by atoms with E-state index in [-0.39, 0.29) is 22.9 Å². The zero-order chi connectivity index (χ0) is 15.2. The summed E-state index contributed by atoms with van der Waals surface area (Å²) in [6.07, 6.45) is 0.733. The summed E-state index contributed by atoms with van der Waals surface area (Å²) in [7, 11) is 3.29. The van der Waals surface area contributed by atoms with Crippen LogP contribution in [0.15, 0.2) is 34.9 Å². The van der Waals surface area contributed by atoms with Crippen LogP contribution in [0.4, 0.5) is 4.39 Å². The highest BCUT2D eigenvalue weighted by Gasteiger charge is 2.18. The topological polar surface area (TPSA) is 55.6 Å². The minimum Gasteiger partial charge on any atom is -0.385 e. The number of rotatable bonds is 6. The highest BCUT2D eigenvalue weighted by molar-refractivity contribution is 5.92. The number of benzene rings is 1. The van der Waals surface area contributed by atoms with Crippen molar-refractivity contribution in [1.82, 2.24) is 10.1 Å². The van der Waals surface area contributed by atoms with Gasteiger partial charge in [-0.05, 0) is 18.6 Å². The zero-order valence-electron chi connectivity index (χ0n) is 12.0. The van der Waals surface area contributed by atoms with Crippen molar-refractivity contribution in [1.29, 1.82) is 0 Å². The normalized spacial score (nSPS) is 10.6. The molecule has 5 nitrogen and oxygen atoms in total. The summed E-state index contributed by atoms with van der Waals surface area (Å²) in [5, 5.41) is 3.72. The summed E-state index contributed by atoms with van der Waals surface area (Å²) in [5.74, 6) is -0.444. The summed E-state index contributed by atoms with van der Waals surface area (Å²) in [6.45, 7) is 1.13. The Labute approximate surface area is 122 Å². The first kappa shape index (κ1) is 15.2. The number of methoxy groups -OCH3 is 1. The summed E-state index contributed by atoms with van der Waals surface area (Å²) >= 11 is 0. The van der Waals surface area contributed by atoms with Crippen molar-refractivity contribution in [2.45, 2.75) is 6.42 Å². The molecule has 1 aromatic heterocycles. The fourth-order valence-corrected chi connectivity index (χ4v) is 1.91. The van der Waals surface area contributed by atoms with Gasteiger partial charge in [0.15, 0.2) is 11.5 Å². The molecular weight excluding hydrogens is 275 g/mol. The lowest BCUT2D eigenvalue weighted by Crippen LogP contribution is -2.28. The number of hydrogen-bond donors (Lipinski definition) is 0. The van der Waals surface area contributed by atoms with E-state index in [0.29, 0.717) is 13.2 Å². The van der Waals surface area contributed by atoms with Crippen LogP contribution in [0.2, 0.25) is 0 Å². The number of carbonyl (C=O) groups excluding carboxylic acids is 1. The molecule has 0 saturated heterocycles. The van der Waals surface area contributed by atoms with Crippen molar-refractivity contribution in [2.75, 3.05) is 27.3 Å². The Bertz CT molecular complexity index is 612. The van der Waals surface area contributed by atoms with Gasteiger partial charge in [0.25, 0.3) is 5.91 Å². The summed E-state index contributed by atoms with van der Waals surface area (Å²) < 4.78 is 23.7. The van der Waals surface area contributed by atoms with E-state index in [2.05, 4.69) is 5.16 Å². The molecular formula is C15H17FN2O3. The first-order chi connectivity index (χ1) is 10.1. The lowest BCUT2D eigenvalue weighted by Gasteiger charge is -2.14. The largest absolute Gasteiger partial charge is 0.385 e. The molecule has 0 aliphatic heterocycles. The molecule has 6 heteroatoms. The van der Waals surface area contributed by atoms with Crippen LogP contribution in [0.3, 0.4) is 0 Å². The van der Waals surface area contributed by atoms with E-state index < -0.39 is 5.82 Å². The Morgan fingerprint density at radius 1 is 1.43 bits per heavy atom. The van der Waals surface area contributed by atoms with E-state index in [1.165, 1.54) is 17.0 Å². The number of halogens is 1. The third-order valence-electron chi connectivity index (χ3n) is 3.06. The number of hydrogen-bond acceptors (Lipinski definition) is 4. The summed E-state index contributed by atoms with van der Waals surface area (Å²) in [4.78, 5) is 13.7. The molecule has 2 aromatic rings. The molecule has 0 radical (unpaired) electrons. The van der Waals surface area contributed by atoms with Crippen LogP contribution in [0.25, 0.3) is 11.3 Å². The number of nitrogens with zero attached hydrogens (tertiary/aromatic N) is 2. The molecule has 0 N–H and O–H groups in total. The lowest BCUT2D eigenvalue weighted by atomic mass is 10.1. The van der Waals surface area contributed by atoms with E-state index in [1.54, 1.807) is 32.4 Å². The molecule has 0 aliphatic carbocycles. The molecule has 0 atom stereocenters. The van der Waals surface area contributed by atoms with Crippen LogP contribution < -0.4 is 0 Å². The highest BCUT2D eigenvalue weighted by atomic mass is 19.1. The summed E-state index contributed by atoms with van der Waals surface area (Å²) in [6, 6.07) is 7.64. The fraction of sp³-hybridized carbons (Fsp3) is 0.333. The van der Waals surface area contributed by atoms with Gasteiger partial charge in [-0.15, -0.1) is 0 Å². The van der Waals surface area contributed by atoms with Crippen molar-refractivity contribution < 1.29 is 18.4 Å². The van der Waals surface area contributed by atoms with Gasteiger partial charge in [-0.25, -0.2) is 4.39 Å². The first-order valence-electron chi connectivity index (χ1n) is 6.59. The average Bonchev–Trinajstić information content (AvgIpc) is 2.96. The minimum absolute atomic E-state index is 0.160. The van der Waals surface area contributed by atoms with Crippen LogP contribution in [-0.2, 0) is 4.74 Å². The first-order valence-corrected chi connectivity index (χ1v) is 6.59. The highest BCUT2D eigenvalue weighted by Crippen LogP contribution is 2.23. The Balaban J connectivity index is 2.09. The molecule has 2 rings (SSSR count). The van der Waals surface area contributed by atoms with Gasteiger partial charge in [-0.1, -0.05) is 17.3 Å². The van der Waals surface area contributed by atoms with Gasteiger partial charge in [0, 0.05) is 33.4 Å². The smallest absolute Gasteiger partial charge is 0.275 e. The SMILES string of the molecule is COCCCN(C)C(=O)c1cc(-c2ccccc2F)on1. The third-order valence-corrected chi connectivity index (χ3v) is 3.06. The molecule has 0 fully saturated rings. The number of aromatic nitrogens is 1. The number of carbonyl (C=O) groups is 1. The van der Waals surface area contributed by atoms with Crippen molar-refractivity contribution in [3.05, 3.63) is 41.8 Å². The fourth-order valence-electron chi connectivity index (χ4n) is 1.91. The van der Waals surface area contributed by atoms with Crippen molar-refractivity contribution in [3.63, 3.8) is 0 Å². The molecule has 1 heterocycles. The molecule has 0 spiro atoms. The predicted molar refractivity (Wildman–Crippen MR) is 75.4 cm³/mol. The lowest BCUT2D eigenvalue weighted by molar-refractivity contribution is 0.0769. The molecule has 1 aromatic carbocycles. The zero-order valence-corrected chi connectivity index (χ0v) is 12.0. The average molecular weight is 292 g/mol. The van der Waals surface area contributed by atoms with E-state index >= 15 is 0 Å². The van der Waals surface area contributed by atoms with Gasteiger partial charge in [-0.2, -0.15) is 0 Å². The quantitative estimate of drug-likeness (QED) is 0.768. The maximum atomic E-state index is 13.7. The molecule has 112 valence electrons. The maximum absolute atomic E-state index is 13.7. The molecule has 0 saturated carbocycles. The monoisotopic (exact) mass is 292 g/mol. The van der Waals surface area contributed by atoms with Gasteiger partial charge < -0.3 is 14.2 Å². The van der Waals surface area contributed by atoms with Crippen LogP contribution in [0.5, 0.6) is 0 Å². The Hall–Kier alpha value is -2.21. The van der Waals surface area contributed by atoms with Crippen LogP contribution in [0, 0.1) is 5.82 Å². The van der Waals surface area contributed by atoms with Gasteiger partial charge >= 0.3 is 0 Å². The van der Waals surface area contributed by atoms with E-state index in [4.69, 9.17) is 9.26 Å². The second kappa shape index (κ2) is 6.99. The third kappa shape index (κ3) is 3.66. The molecule has 0 unspecified atom stereocenters. The van der Waals surface area contributed by atoms with Gasteiger partial charge in [0.05, 0.1) is 5.56 Å². The van der Waals surface area contributed by atoms with E-state index in [0.717, 1.165) is 6.42 Å². The van der Waals surface area contributed by atoms with E-state index in [1.807, 2.05) is 0 Å². The van der Waals surface area contributed by atoms with Crippen LogP contribution in [-0.4, -0.2) is 43.3 Å². The van der Waals surface area contributed by atoms with Crippen LogP contribution >= 0.6 is 0 Å². The standard InChI is InChI=1S/C15H17FN2O3/c1-18(8-5-9-20-2)15(19)13-10-14(21-17-13)11-6-3-4-7-12(11)16/h3-4,6-7,10H,5,8-9H2,1-2H3. The Kier molecular flexibility index (Phi) is 5.05. The van der Waals surface area contributed by atoms with Crippen LogP contribution in [0.1, 0.15) is 16.9 Å². The van der Waals surface area contributed by atoms with Gasteiger partial charge in [0.2, 0.25) is 0 Å². The Morgan fingerprint density at radius 3 is 2.90 bits per heavy atom. The van der Waals surface area contributed by atoms with E-state index in [9.17, 15) is 9.18 Å². The minimum atomic E-state index is -0.416. The number of amides is 1. The maximum Gasteiger partial charge on any atom is 0.275 e. The second-order valence-corrected chi connectivity index (χ2v) is 4.63.